The maximum absolute atomic E-state index is 10.8. The third-order valence-electron chi connectivity index (χ3n) is 3.69. The first kappa shape index (κ1) is 13.0. The Bertz CT molecular complexity index is 611. The van der Waals surface area contributed by atoms with E-state index in [9.17, 15) is 10.2 Å². The Balaban J connectivity index is 2.02. The molecule has 104 valence electrons. The fraction of sp³-hybridized carbons (Fsp3) is 0.250. The number of hydrogen-bond donors (Lipinski definition) is 2. The van der Waals surface area contributed by atoms with E-state index in [2.05, 4.69) is 0 Å². The Morgan fingerprint density at radius 2 is 1.95 bits per heavy atom. The summed E-state index contributed by atoms with van der Waals surface area (Å²) in [4.78, 5) is 0. The van der Waals surface area contributed by atoms with Crippen molar-refractivity contribution in [1.29, 1.82) is 0 Å². The largest absolute Gasteiger partial charge is 0.497 e. The number of methoxy groups -OCH3 is 1. The molecular weight excluding hydrogens is 256 g/mol. The summed E-state index contributed by atoms with van der Waals surface area (Å²) in [6, 6.07) is 14.2. The van der Waals surface area contributed by atoms with E-state index in [0.717, 1.165) is 0 Å². The van der Waals surface area contributed by atoms with Crippen LogP contribution in [0.4, 0.5) is 0 Å². The summed E-state index contributed by atoms with van der Waals surface area (Å²) in [7, 11) is 1.57. The SMILES string of the molecule is COc1ccc2c(c1)OC[C@@](O)(c1ccccc1)[C@H]2O. The molecule has 0 amide bonds. The Labute approximate surface area is 117 Å². The van der Waals surface area contributed by atoms with Crippen LogP contribution < -0.4 is 9.47 Å². The van der Waals surface area contributed by atoms with Gasteiger partial charge in [-0.05, 0) is 17.7 Å². The highest BCUT2D eigenvalue weighted by molar-refractivity contribution is 5.46. The predicted octanol–water partition coefficient (Wildman–Crippen LogP) is 2.01. The molecule has 1 aliphatic rings. The molecule has 2 aromatic carbocycles. The molecule has 0 radical (unpaired) electrons. The van der Waals surface area contributed by atoms with Gasteiger partial charge in [0.25, 0.3) is 0 Å². The summed E-state index contributed by atoms with van der Waals surface area (Å²) in [5.41, 5.74) is -0.250. The molecule has 0 aliphatic carbocycles. The molecule has 1 heterocycles. The smallest absolute Gasteiger partial charge is 0.153 e. The molecule has 0 saturated carbocycles. The minimum absolute atomic E-state index is 0.00164. The molecule has 3 rings (SSSR count). The molecule has 1 aliphatic heterocycles. The summed E-state index contributed by atoms with van der Waals surface area (Å²) < 4.78 is 10.7. The van der Waals surface area contributed by atoms with Crippen LogP contribution >= 0.6 is 0 Å². The molecule has 0 fully saturated rings. The van der Waals surface area contributed by atoms with Crippen LogP contribution in [0.3, 0.4) is 0 Å². The Kier molecular flexibility index (Phi) is 3.12. The van der Waals surface area contributed by atoms with Gasteiger partial charge in [-0.1, -0.05) is 30.3 Å². The maximum atomic E-state index is 10.8. The summed E-state index contributed by atoms with van der Waals surface area (Å²) >= 11 is 0. The first-order chi connectivity index (χ1) is 9.65. The van der Waals surface area contributed by atoms with E-state index in [-0.39, 0.29) is 6.61 Å². The summed E-state index contributed by atoms with van der Waals surface area (Å²) in [6.07, 6.45) is -1.04. The van der Waals surface area contributed by atoms with Crippen LogP contribution in [0.5, 0.6) is 11.5 Å². The fourth-order valence-corrected chi connectivity index (χ4v) is 2.48. The molecule has 0 unspecified atom stereocenters. The minimum atomic E-state index is -1.44. The molecule has 0 saturated heterocycles. The van der Waals surface area contributed by atoms with Crippen molar-refractivity contribution in [3.05, 3.63) is 59.7 Å². The van der Waals surface area contributed by atoms with E-state index >= 15 is 0 Å². The Morgan fingerprint density at radius 1 is 1.20 bits per heavy atom. The maximum Gasteiger partial charge on any atom is 0.153 e. The lowest BCUT2D eigenvalue weighted by Crippen LogP contribution is -2.42. The standard InChI is InChI=1S/C16H16O4/c1-19-12-7-8-13-14(9-12)20-10-16(18,15(13)17)11-5-3-2-4-6-11/h2-9,15,17-18H,10H2,1H3/t15-,16+/m0/s1. The van der Waals surface area contributed by atoms with Gasteiger partial charge in [0.1, 0.15) is 24.2 Å². The third kappa shape index (κ3) is 1.94. The van der Waals surface area contributed by atoms with E-state index < -0.39 is 11.7 Å². The lowest BCUT2D eigenvalue weighted by atomic mass is 9.83. The van der Waals surface area contributed by atoms with Gasteiger partial charge >= 0.3 is 0 Å². The lowest BCUT2D eigenvalue weighted by molar-refractivity contribution is -0.121. The number of ether oxygens (including phenoxy) is 2. The highest BCUT2D eigenvalue weighted by Crippen LogP contribution is 2.44. The van der Waals surface area contributed by atoms with Gasteiger partial charge in [-0.25, -0.2) is 0 Å². The van der Waals surface area contributed by atoms with Crippen molar-refractivity contribution < 1.29 is 19.7 Å². The van der Waals surface area contributed by atoms with Crippen LogP contribution in [0.1, 0.15) is 17.2 Å². The second-order valence-corrected chi connectivity index (χ2v) is 4.89. The molecule has 0 bridgehead atoms. The molecule has 2 aromatic rings. The van der Waals surface area contributed by atoms with Crippen molar-refractivity contribution in [1.82, 2.24) is 0 Å². The summed E-state index contributed by atoms with van der Waals surface area (Å²) in [5.74, 6) is 1.19. The second kappa shape index (κ2) is 4.81. The van der Waals surface area contributed by atoms with E-state index in [1.165, 1.54) is 0 Å². The van der Waals surface area contributed by atoms with E-state index in [1.54, 1.807) is 37.4 Å². The second-order valence-electron chi connectivity index (χ2n) is 4.89. The van der Waals surface area contributed by atoms with Crippen LogP contribution in [0.2, 0.25) is 0 Å². The third-order valence-corrected chi connectivity index (χ3v) is 3.69. The zero-order valence-corrected chi connectivity index (χ0v) is 11.1. The number of aliphatic hydroxyl groups is 2. The number of aliphatic hydroxyl groups excluding tert-OH is 1. The van der Waals surface area contributed by atoms with E-state index in [4.69, 9.17) is 9.47 Å². The van der Waals surface area contributed by atoms with E-state index in [1.807, 2.05) is 18.2 Å². The zero-order valence-electron chi connectivity index (χ0n) is 11.1. The van der Waals surface area contributed by atoms with Crippen molar-refractivity contribution in [3.8, 4) is 11.5 Å². The van der Waals surface area contributed by atoms with Gasteiger partial charge in [0.05, 0.1) is 7.11 Å². The van der Waals surface area contributed by atoms with Gasteiger partial charge in [0.2, 0.25) is 0 Å². The summed E-state index contributed by atoms with van der Waals surface area (Å²) in [6.45, 7) is -0.00164. The van der Waals surface area contributed by atoms with Gasteiger partial charge in [0.15, 0.2) is 5.60 Å². The molecule has 0 spiro atoms. The molecule has 2 N–H and O–H groups in total. The molecule has 4 nitrogen and oxygen atoms in total. The quantitative estimate of drug-likeness (QED) is 0.878. The van der Waals surface area contributed by atoms with Crippen LogP contribution in [-0.4, -0.2) is 23.9 Å². The van der Waals surface area contributed by atoms with Crippen molar-refractivity contribution in [2.24, 2.45) is 0 Å². The Hall–Kier alpha value is -2.04. The number of rotatable bonds is 2. The van der Waals surface area contributed by atoms with Crippen LogP contribution in [0.25, 0.3) is 0 Å². The van der Waals surface area contributed by atoms with Gasteiger partial charge in [0, 0.05) is 11.6 Å². The average Bonchev–Trinajstić information content (AvgIpc) is 2.51. The highest BCUT2D eigenvalue weighted by atomic mass is 16.5. The Morgan fingerprint density at radius 3 is 2.65 bits per heavy atom. The van der Waals surface area contributed by atoms with Crippen molar-refractivity contribution >= 4 is 0 Å². The molecule has 0 aromatic heterocycles. The van der Waals surface area contributed by atoms with Crippen LogP contribution in [0.15, 0.2) is 48.5 Å². The van der Waals surface area contributed by atoms with Gasteiger partial charge in [-0.3, -0.25) is 0 Å². The van der Waals surface area contributed by atoms with Crippen LogP contribution in [-0.2, 0) is 5.60 Å². The molecule has 2 atom stereocenters. The van der Waals surface area contributed by atoms with Crippen molar-refractivity contribution in [3.63, 3.8) is 0 Å². The molecular formula is C16H16O4. The lowest BCUT2D eigenvalue weighted by Gasteiger charge is -2.38. The number of fused-ring (bicyclic) bond motifs is 1. The van der Waals surface area contributed by atoms with Crippen molar-refractivity contribution in [2.45, 2.75) is 11.7 Å². The minimum Gasteiger partial charge on any atom is -0.497 e. The average molecular weight is 272 g/mol. The summed E-state index contributed by atoms with van der Waals surface area (Å²) in [5, 5.41) is 21.3. The highest BCUT2D eigenvalue weighted by Gasteiger charge is 2.44. The van der Waals surface area contributed by atoms with E-state index in [0.29, 0.717) is 22.6 Å². The van der Waals surface area contributed by atoms with Crippen molar-refractivity contribution in [2.75, 3.05) is 13.7 Å². The monoisotopic (exact) mass is 272 g/mol. The number of benzene rings is 2. The molecule has 20 heavy (non-hydrogen) atoms. The normalized spacial score (nSPS) is 24.6. The first-order valence-corrected chi connectivity index (χ1v) is 6.42. The first-order valence-electron chi connectivity index (χ1n) is 6.42. The topological polar surface area (TPSA) is 58.9 Å². The number of hydrogen-bond acceptors (Lipinski definition) is 4. The zero-order chi connectivity index (χ0) is 14.2. The van der Waals surface area contributed by atoms with Gasteiger partial charge in [-0.15, -0.1) is 0 Å². The van der Waals surface area contributed by atoms with Gasteiger partial charge < -0.3 is 19.7 Å². The predicted molar refractivity (Wildman–Crippen MR) is 73.8 cm³/mol. The van der Waals surface area contributed by atoms with Crippen LogP contribution in [0, 0.1) is 0 Å². The van der Waals surface area contributed by atoms with Gasteiger partial charge in [-0.2, -0.15) is 0 Å². The fourth-order valence-electron chi connectivity index (χ4n) is 2.48. The molecule has 4 heteroatoms.